The van der Waals surface area contributed by atoms with Gasteiger partial charge in [-0.3, -0.25) is 9.59 Å². The van der Waals surface area contributed by atoms with Crippen LogP contribution in [0.5, 0.6) is 0 Å². The molecule has 2 atom stereocenters. The number of hydrogen-bond acceptors (Lipinski definition) is 4. The molecule has 0 radical (unpaired) electrons. The number of carbonyl (C=O) groups excluding carboxylic acids is 2. The monoisotopic (exact) mass is 389 g/mol. The van der Waals surface area contributed by atoms with E-state index in [9.17, 15) is 14.0 Å². The Morgan fingerprint density at radius 1 is 1.37 bits per heavy atom. The van der Waals surface area contributed by atoms with E-state index in [1.54, 1.807) is 17.6 Å². The molecule has 1 fully saturated rings. The van der Waals surface area contributed by atoms with Crippen LogP contribution in [0.3, 0.4) is 0 Å². The van der Waals surface area contributed by atoms with E-state index in [0.717, 1.165) is 24.8 Å². The molecule has 1 saturated heterocycles. The van der Waals surface area contributed by atoms with Crippen molar-refractivity contribution < 1.29 is 14.0 Å². The van der Waals surface area contributed by atoms with Crippen LogP contribution in [0.15, 0.2) is 29.8 Å². The van der Waals surface area contributed by atoms with Gasteiger partial charge in [0.25, 0.3) is 0 Å². The molecule has 2 aromatic rings. The molecule has 3 rings (SSSR count). The molecule has 1 aromatic carbocycles. The number of carbonyl (C=O) groups is 2. The van der Waals surface area contributed by atoms with Crippen LogP contribution in [0.4, 0.5) is 9.39 Å². The lowest BCUT2D eigenvalue weighted by Gasteiger charge is -2.33. The van der Waals surface area contributed by atoms with E-state index in [1.807, 2.05) is 18.7 Å². The molecule has 0 spiro atoms. The first-order chi connectivity index (χ1) is 13.0. The predicted molar refractivity (Wildman–Crippen MR) is 105 cm³/mol. The zero-order valence-electron chi connectivity index (χ0n) is 15.6. The van der Waals surface area contributed by atoms with E-state index in [2.05, 4.69) is 10.3 Å². The van der Waals surface area contributed by atoms with E-state index < -0.39 is 0 Å². The second-order valence-electron chi connectivity index (χ2n) is 6.96. The highest BCUT2D eigenvalue weighted by Crippen LogP contribution is 2.31. The van der Waals surface area contributed by atoms with E-state index in [1.165, 1.54) is 23.5 Å². The maximum atomic E-state index is 13.1. The first-order valence-electron chi connectivity index (χ1n) is 9.28. The summed E-state index contributed by atoms with van der Waals surface area (Å²) in [6.07, 6.45) is 2.39. The van der Waals surface area contributed by atoms with E-state index in [4.69, 9.17) is 0 Å². The molecular formula is C20H24FN3O2S. The number of hydrogen-bond donors (Lipinski definition) is 1. The Morgan fingerprint density at radius 3 is 2.81 bits per heavy atom. The summed E-state index contributed by atoms with van der Waals surface area (Å²) < 4.78 is 13.1. The second kappa shape index (κ2) is 8.61. The fourth-order valence-electron chi connectivity index (χ4n) is 3.24. The number of aromatic nitrogens is 1. The smallest absolute Gasteiger partial charge is 0.229 e. The first-order valence-corrected chi connectivity index (χ1v) is 10.2. The Bertz CT molecular complexity index is 806. The maximum Gasteiger partial charge on any atom is 0.229 e. The number of halogens is 1. The summed E-state index contributed by atoms with van der Waals surface area (Å²) in [6.45, 7) is 5.10. The molecule has 5 nitrogen and oxygen atoms in total. The molecule has 7 heteroatoms. The van der Waals surface area contributed by atoms with Crippen molar-refractivity contribution in [1.29, 1.82) is 0 Å². The van der Waals surface area contributed by atoms with Crippen molar-refractivity contribution in [2.45, 2.75) is 33.1 Å². The SMILES string of the molecule is CC[C@@H](C)C(=O)N1CCC[C@@H](C(=O)Nc2scnc2-c2ccc(F)cc2)C1. The van der Waals surface area contributed by atoms with Gasteiger partial charge in [0.1, 0.15) is 16.5 Å². The average Bonchev–Trinajstić information content (AvgIpc) is 3.15. The fraction of sp³-hybridized carbons (Fsp3) is 0.450. The van der Waals surface area contributed by atoms with Gasteiger partial charge < -0.3 is 10.2 Å². The van der Waals surface area contributed by atoms with Crippen LogP contribution >= 0.6 is 11.3 Å². The van der Waals surface area contributed by atoms with Crippen molar-refractivity contribution in [1.82, 2.24) is 9.88 Å². The Balaban J connectivity index is 1.68. The van der Waals surface area contributed by atoms with Crippen molar-refractivity contribution in [2.24, 2.45) is 11.8 Å². The molecule has 1 aromatic heterocycles. The lowest BCUT2D eigenvalue weighted by Crippen LogP contribution is -2.45. The van der Waals surface area contributed by atoms with Crippen molar-refractivity contribution in [3.8, 4) is 11.3 Å². The lowest BCUT2D eigenvalue weighted by molar-refractivity contribution is -0.138. The molecule has 1 aliphatic rings. The molecule has 0 unspecified atom stereocenters. The van der Waals surface area contributed by atoms with Crippen LogP contribution in [-0.4, -0.2) is 34.8 Å². The van der Waals surface area contributed by atoms with Gasteiger partial charge in [-0.15, -0.1) is 11.3 Å². The molecule has 1 N–H and O–H groups in total. The van der Waals surface area contributed by atoms with Crippen molar-refractivity contribution in [3.05, 3.63) is 35.6 Å². The largest absolute Gasteiger partial charge is 0.342 e. The van der Waals surface area contributed by atoms with Crippen molar-refractivity contribution in [2.75, 3.05) is 18.4 Å². The minimum absolute atomic E-state index is 0.0154. The van der Waals surface area contributed by atoms with E-state index in [-0.39, 0.29) is 29.5 Å². The van der Waals surface area contributed by atoms with Gasteiger partial charge in [-0.1, -0.05) is 13.8 Å². The molecule has 2 heterocycles. The minimum atomic E-state index is -0.312. The summed E-state index contributed by atoms with van der Waals surface area (Å²) in [4.78, 5) is 31.3. The molecule has 0 saturated carbocycles. The second-order valence-corrected chi connectivity index (χ2v) is 7.81. The number of nitrogens with zero attached hydrogens (tertiary/aromatic N) is 2. The van der Waals surface area contributed by atoms with Crippen LogP contribution in [0.25, 0.3) is 11.3 Å². The Hall–Kier alpha value is -2.28. The highest BCUT2D eigenvalue weighted by molar-refractivity contribution is 7.14. The normalized spacial score (nSPS) is 18.2. The van der Waals surface area contributed by atoms with Crippen LogP contribution in [0, 0.1) is 17.7 Å². The third-order valence-electron chi connectivity index (χ3n) is 5.06. The number of amides is 2. The van der Waals surface area contributed by atoms with Gasteiger partial charge in [-0.2, -0.15) is 0 Å². The van der Waals surface area contributed by atoms with Gasteiger partial charge in [0.05, 0.1) is 11.4 Å². The van der Waals surface area contributed by atoms with Crippen LogP contribution < -0.4 is 5.32 Å². The summed E-state index contributed by atoms with van der Waals surface area (Å²) in [7, 11) is 0. The minimum Gasteiger partial charge on any atom is -0.342 e. The number of rotatable bonds is 5. The lowest BCUT2D eigenvalue weighted by atomic mass is 9.95. The molecule has 27 heavy (non-hydrogen) atoms. The zero-order valence-corrected chi connectivity index (χ0v) is 16.4. The number of anilines is 1. The molecule has 1 aliphatic heterocycles. The Labute approximate surface area is 162 Å². The number of nitrogens with one attached hydrogen (secondary N) is 1. The van der Waals surface area contributed by atoms with Crippen LogP contribution in [0.1, 0.15) is 33.1 Å². The van der Waals surface area contributed by atoms with E-state index in [0.29, 0.717) is 23.8 Å². The summed E-state index contributed by atoms with van der Waals surface area (Å²) in [5.74, 6) is -0.523. The highest BCUT2D eigenvalue weighted by atomic mass is 32.1. The predicted octanol–water partition coefficient (Wildman–Crippen LogP) is 4.17. The maximum absolute atomic E-state index is 13.1. The zero-order chi connectivity index (χ0) is 19.4. The van der Waals surface area contributed by atoms with Gasteiger partial charge in [0.15, 0.2) is 0 Å². The Morgan fingerprint density at radius 2 is 2.11 bits per heavy atom. The number of likely N-dealkylation sites (tertiary alicyclic amines) is 1. The molecule has 2 amide bonds. The summed E-state index contributed by atoms with van der Waals surface area (Å²) in [6, 6.07) is 6.04. The number of benzene rings is 1. The molecule has 144 valence electrons. The summed E-state index contributed by atoms with van der Waals surface area (Å²) in [5.41, 5.74) is 3.05. The first kappa shape index (κ1) is 19.5. The Kier molecular flexibility index (Phi) is 6.21. The molecule has 0 bridgehead atoms. The summed E-state index contributed by atoms with van der Waals surface area (Å²) >= 11 is 1.34. The van der Waals surface area contributed by atoms with Gasteiger partial charge in [0, 0.05) is 24.6 Å². The van der Waals surface area contributed by atoms with Gasteiger partial charge >= 0.3 is 0 Å². The van der Waals surface area contributed by atoms with E-state index >= 15 is 0 Å². The van der Waals surface area contributed by atoms with Gasteiger partial charge in [-0.25, -0.2) is 9.37 Å². The molecular weight excluding hydrogens is 365 g/mol. The summed E-state index contributed by atoms with van der Waals surface area (Å²) in [5, 5.41) is 3.61. The van der Waals surface area contributed by atoms with Gasteiger partial charge in [-0.05, 0) is 43.5 Å². The number of thiazole rings is 1. The average molecular weight is 389 g/mol. The third-order valence-corrected chi connectivity index (χ3v) is 5.80. The van der Waals surface area contributed by atoms with Crippen molar-refractivity contribution in [3.63, 3.8) is 0 Å². The topological polar surface area (TPSA) is 62.3 Å². The van der Waals surface area contributed by atoms with Crippen molar-refractivity contribution >= 4 is 28.2 Å². The highest BCUT2D eigenvalue weighted by Gasteiger charge is 2.30. The fourth-order valence-corrected chi connectivity index (χ4v) is 3.95. The van der Waals surface area contributed by atoms with Crippen LogP contribution in [0.2, 0.25) is 0 Å². The molecule has 0 aliphatic carbocycles. The quantitative estimate of drug-likeness (QED) is 0.835. The standard InChI is InChI=1S/C20H24FN3O2S/c1-3-13(2)20(26)24-10-4-5-15(11-24)18(25)23-19-17(22-12-27-19)14-6-8-16(21)9-7-14/h6-9,12-13,15H,3-5,10-11H2,1-2H3,(H,23,25)/t13-,15-/m1/s1. The third kappa shape index (κ3) is 4.53. The number of piperidine rings is 1. The van der Waals surface area contributed by atoms with Gasteiger partial charge in [0.2, 0.25) is 11.8 Å². The van der Waals surface area contributed by atoms with Crippen LogP contribution in [-0.2, 0) is 9.59 Å².